The van der Waals surface area contributed by atoms with Crippen LogP contribution in [-0.2, 0) is 17.6 Å². The molecule has 36 heavy (non-hydrogen) atoms. The van der Waals surface area contributed by atoms with Crippen molar-refractivity contribution in [3.63, 3.8) is 0 Å². The van der Waals surface area contributed by atoms with Crippen LogP contribution in [0.3, 0.4) is 0 Å². The normalized spacial score (nSPS) is 24.7. The first-order valence-corrected chi connectivity index (χ1v) is 12.8. The van der Waals surface area contributed by atoms with E-state index in [1.165, 1.54) is 0 Å². The zero-order chi connectivity index (χ0) is 26.2. The third-order valence-electron chi connectivity index (χ3n) is 8.54. The van der Waals surface area contributed by atoms with Crippen LogP contribution in [0, 0.1) is 20.8 Å². The fourth-order valence-electron chi connectivity index (χ4n) is 6.80. The van der Waals surface area contributed by atoms with Crippen molar-refractivity contribution in [2.24, 2.45) is 0 Å². The van der Waals surface area contributed by atoms with Crippen LogP contribution in [0.4, 0.5) is 0 Å². The number of carbonyl (C=O) groups is 1. The molecule has 3 heterocycles. The summed E-state index contributed by atoms with van der Waals surface area (Å²) in [5.74, 6) is 1.93. The second-order valence-corrected chi connectivity index (χ2v) is 10.7. The zero-order valence-electron chi connectivity index (χ0n) is 21.7. The van der Waals surface area contributed by atoms with Crippen LogP contribution in [0.2, 0.25) is 10.0 Å². The van der Waals surface area contributed by atoms with Gasteiger partial charge in [0.25, 0.3) is 0 Å². The van der Waals surface area contributed by atoms with E-state index in [0.29, 0.717) is 40.1 Å². The summed E-state index contributed by atoms with van der Waals surface area (Å²) in [7, 11) is 6.82. The van der Waals surface area contributed by atoms with Gasteiger partial charge >= 0.3 is 0 Å². The number of amides is 1. The number of piperazine rings is 1. The number of nitrogens with zero attached hydrogens (tertiary/aromatic N) is 2. The van der Waals surface area contributed by atoms with Gasteiger partial charge < -0.3 is 24.2 Å². The first-order chi connectivity index (χ1) is 17.1. The molecule has 2 aromatic carbocycles. The summed E-state index contributed by atoms with van der Waals surface area (Å²) in [6.45, 7) is 5.61. The van der Waals surface area contributed by atoms with E-state index in [2.05, 4.69) is 4.90 Å². The number of likely N-dealkylation sites (N-methyl/N-ethyl adjacent to an activating group) is 1. The number of halogens is 2. The maximum atomic E-state index is 14.1. The molecular formula is C27H32Cl2N2O5. The lowest BCUT2D eigenvalue weighted by atomic mass is 9.73. The predicted molar refractivity (Wildman–Crippen MR) is 139 cm³/mol. The van der Waals surface area contributed by atoms with Crippen molar-refractivity contribution in [1.82, 2.24) is 9.80 Å². The largest absolute Gasteiger partial charge is 0.496 e. The second kappa shape index (κ2) is 8.98. The zero-order valence-corrected chi connectivity index (χ0v) is 23.2. The molecule has 1 N–H and O–H groups in total. The van der Waals surface area contributed by atoms with Gasteiger partial charge in [-0.05, 0) is 50.9 Å². The van der Waals surface area contributed by atoms with Gasteiger partial charge in [-0.1, -0.05) is 23.2 Å². The number of hydrogen-bond acceptors (Lipinski definition) is 6. The molecule has 1 fully saturated rings. The maximum absolute atomic E-state index is 14.1. The van der Waals surface area contributed by atoms with E-state index in [0.717, 1.165) is 38.9 Å². The summed E-state index contributed by atoms with van der Waals surface area (Å²) in [4.78, 5) is 18.1. The summed E-state index contributed by atoms with van der Waals surface area (Å²) in [6, 6.07) is -1.54. The molecule has 0 aromatic heterocycles. The van der Waals surface area contributed by atoms with Gasteiger partial charge in [-0.3, -0.25) is 9.69 Å². The molecular weight excluding hydrogens is 503 g/mol. The number of ether oxygens (including phenoxy) is 3. The Morgan fingerprint density at radius 1 is 0.861 bits per heavy atom. The number of carbonyl (C=O) groups excluding carboxylic acids is 1. The van der Waals surface area contributed by atoms with Crippen LogP contribution in [-0.4, -0.2) is 67.9 Å². The lowest BCUT2D eigenvalue weighted by Gasteiger charge is -2.57. The Morgan fingerprint density at radius 2 is 1.50 bits per heavy atom. The second-order valence-electron chi connectivity index (χ2n) is 9.93. The molecule has 2 bridgehead atoms. The molecule has 0 unspecified atom stereocenters. The Hall–Kier alpha value is -2.19. The monoisotopic (exact) mass is 534 g/mol. The first-order valence-electron chi connectivity index (χ1n) is 12.1. The van der Waals surface area contributed by atoms with Crippen LogP contribution in [0.15, 0.2) is 0 Å². The van der Waals surface area contributed by atoms with Crippen LogP contribution in [0.5, 0.6) is 17.2 Å². The Morgan fingerprint density at radius 3 is 2.08 bits per heavy atom. The summed E-state index contributed by atoms with van der Waals surface area (Å²) in [5, 5.41) is 11.9. The quantitative estimate of drug-likeness (QED) is 0.628. The van der Waals surface area contributed by atoms with Crippen molar-refractivity contribution in [2.75, 3.05) is 35.0 Å². The van der Waals surface area contributed by atoms with Gasteiger partial charge in [0.1, 0.15) is 17.2 Å². The number of fused-ring (bicyclic) bond motifs is 7. The molecule has 1 amide bonds. The Labute approximate surface area is 221 Å². The van der Waals surface area contributed by atoms with Crippen molar-refractivity contribution < 1.29 is 24.1 Å². The summed E-state index contributed by atoms with van der Waals surface area (Å²) >= 11 is 14.0. The Balaban J connectivity index is 1.80. The molecule has 9 heteroatoms. The molecule has 1 saturated heterocycles. The highest BCUT2D eigenvalue weighted by atomic mass is 35.5. The molecule has 0 saturated carbocycles. The Kier molecular flexibility index (Phi) is 6.35. The molecule has 0 radical (unpaired) electrons. The third kappa shape index (κ3) is 3.16. The average molecular weight is 535 g/mol. The minimum Gasteiger partial charge on any atom is -0.496 e. The maximum Gasteiger partial charge on any atom is 0.241 e. The van der Waals surface area contributed by atoms with Gasteiger partial charge in [0.15, 0.2) is 0 Å². The lowest BCUT2D eigenvalue weighted by molar-refractivity contribution is -0.158. The van der Waals surface area contributed by atoms with Crippen LogP contribution in [0.25, 0.3) is 0 Å². The van der Waals surface area contributed by atoms with Gasteiger partial charge in [0, 0.05) is 33.7 Å². The standard InChI is InChI=1S/C27H32Cl2N2O5/c1-11-12(2)25(35-6)19-14(21(11)28)8-16-23-20-15(24(34-5)13(3)26(36-7)22(20)29)9-17(30(23)4)27(33)31(16)18(19)10-32/h16-18,23,32H,8-10H2,1-7H3/t16-,17-,18-,23-/m0/s1. The van der Waals surface area contributed by atoms with Gasteiger partial charge in [-0.2, -0.15) is 0 Å². The molecule has 2 aromatic rings. The van der Waals surface area contributed by atoms with Gasteiger partial charge in [0.2, 0.25) is 5.91 Å². The fourth-order valence-corrected chi connectivity index (χ4v) is 7.57. The molecule has 0 spiro atoms. The van der Waals surface area contributed by atoms with E-state index in [-0.39, 0.29) is 24.6 Å². The lowest BCUT2D eigenvalue weighted by Crippen LogP contribution is -2.67. The van der Waals surface area contributed by atoms with Gasteiger partial charge in [-0.15, -0.1) is 0 Å². The van der Waals surface area contributed by atoms with E-state index in [1.54, 1.807) is 21.3 Å². The topological polar surface area (TPSA) is 71.5 Å². The van der Waals surface area contributed by atoms with Crippen molar-refractivity contribution in [1.29, 1.82) is 0 Å². The van der Waals surface area contributed by atoms with E-state index < -0.39 is 12.1 Å². The van der Waals surface area contributed by atoms with Crippen LogP contribution in [0.1, 0.15) is 51.0 Å². The van der Waals surface area contributed by atoms with E-state index in [1.807, 2.05) is 32.7 Å². The third-order valence-corrected chi connectivity index (χ3v) is 9.42. The number of aliphatic hydroxyl groups excluding tert-OH is 1. The predicted octanol–water partition coefficient (Wildman–Crippen LogP) is 4.34. The molecule has 3 aliphatic heterocycles. The highest BCUT2D eigenvalue weighted by molar-refractivity contribution is 6.33. The number of rotatable bonds is 4. The highest BCUT2D eigenvalue weighted by Gasteiger charge is 2.55. The minimum atomic E-state index is -0.578. The molecule has 5 rings (SSSR count). The minimum absolute atomic E-state index is 0.0304. The van der Waals surface area contributed by atoms with Crippen molar-refractivity contribution in [3.05, 3.63) is 49.0 Å². The molecule has 7 nitrogen and oxygen atoms in total. The summed E-state index contributed by atoms with van der Waals surface area (Å²) in [6.07, 6.45) is 0.956. The average Bonchev–Trinajstić information content (AvgIpc) is 2.86. The SMILES string of the molecule is COc1c(C)c(OC)c2c(c1Cl)[C@@H]1[C@@H]3Cc4c(Cl)c(C)c(C)c(OC)c4[C@H](CO)N3C(=O)[C@H](C2)N1C. The fraction of sp³-hybridized carbons (Fsp3) is 0.519. The van der Waals surface area contributed by atoms with Gasteiger partial charge in [0.05, 0.1) is 57.1 Å². The molecule has 3 aliphatic rings. The van der Waals surface area contributed by atoms with Crippen molar-refractivity contribution >= 4 is 29.1 Å². The molecule has 194 valence electrons. The van der Waals surface area contributed by atoms with Crippen LogP contribution >= 0.6 is 23.2 Å². The number of aliphatic hydroxyl groups is 1. The number of hydrogen-bond donors (Lipinski definition) is 1. The van der Waals surface area contributed by atoms with E-state index >= 15 is 0 Å². The smallest absolute Gasteiger partial charge is 0.241 e. The van der Waals surface area contributed by atoms with Gasteiger partial charge in [-0.25, -0.2) is 0 Å². The highest BCUT2D eigenvalue weighted by Crippen LogP contribution is 2.56. The number of methoxy groups -OCH3 is 3. The molecule has 0 aliphatic carbocycles. The van der Waals surface area contributed by atoms with Crippen LogP contribution < -0.4 is 14.2 Å². The van der Waals surface area contributed by atoms with Crippen molar-refractivity contribution in [3.8, 4) is 17.2 Å². The Bertz CT molecular complexity index is 1280. The van der Waals surface area contributed by atoms with E-state index in [4.69, 9.17) is 37.4 Å². The first kappa shape index (κ1) is 25.5. The van der Waals surface area contributed by atoms with E-state index in [9.17, 15) is 9.90 Å². The van der Waals surface area contributed by atoms with Crippen molar-refractivity contribution in [2.45, 2.75) is 57.8 Å². The molecule has 4 atom stereocenters. The number of benzene rings is 2. The summed E-state index contributed by atoms with van der Waals surface area (Å²) in [5.41, 5.74) is 6.22. The summed E-state index contributed by atoms with van der Waals surface area (Å²) < 4.78 is 17.4.